The maximum atomic E-state index is 6.57. The summed E-state index contributed by atoms with van der Waals surface area (Å²) in [5.41, 5.74) is 22.3. The molecule has 1 spiro atoms. The fourth-order valence-corrected chi connectivity index (χ4v) is 11.8. The Bertz CT molecular complexity index is 3920. The minimum absolute atomic E-state index is 0.610. The van der Waals surface area contributed by atoms with Gasteiger partial charge in [0, 0.05) is 38.8 Å². The first-order valence-electron chi connectivity index (χ1n) is 24.1. The van der Waals surface area contributed by atoms with Crippen LogP contribution in [0.5, 0.6) is 0 Å². The molecule has 0 saturated carbocycles. The van der Waals surface area contributed by atoms with E-state index < -0.39 is 5.41 Å². The monoisotopic (exact) mass is 892 g/mol. The maximum Gasteiger partial charge on any atom is 0.143 e. The third-order valence-electron chi connectivity index (χ3n) is 14.7. The molecule has 328 valence electrons. The van der Waals surface area contributed by atoms with Gasteiger partial charge in [0.05, 0.1) is 28.2 Å². The second-order valence-electron chi connectivity index (χ2n) is 18.3. The molecule has 2 heterocycles. The van der Waals surface area contributed by atoms with E-state index in [4.69, 9.17) is 4.42 Å². The number of hydrogen-bond donors (Lipinski definition) is 0. The number of furan rings is 1. The van der Waals surface area contributed by atoms with Gasteiger partial charge in [-0.05, 0) is 105 Å². The smallest absolute Gasteiger partial charge is 0.143 e. The van der Waals surface area contributed by atoms with Gasteiger partial charge in [0.2, 0.25) is 0 Å². The first-order valence-corrected chi connectivity index (χ1v) is 24.1. The Hall–Kier alpha value is -9.18. The number of hydrogen-bond acceptors (Lipinski definition) is 3. The van der Waals surface area contributed by atoms with Gasteiger partial charge in [-0.1, -0.05) is 212 Å². The number of para-hydroxylation sites is 6. The van der Waals surface area contributed by atoms with Crippen LogP contribution in [-0.2, 0) is 5.41 Å². The van der Waals surface area contributed by atoms with Gasteiger partial charge in [-0.15, -0.1) is 0 Å². The number of benzene rings is 11. The van der Waals surface area contributed by atoms with Crippen molar-refractivity contribution in [1.29, 1.82) is 0 Å². The van der Waals surface area contributed by atoms with Crippen molar-refractivity contribution in [3.05, 3.63) is 289 Å². The average molecular weight is 893 g/mol. The van der Waals surface area contributed by atoms with Crippen LogP contribution >= 0.6 is 0 Å². The molecule has 3 nitrogen and oxygen atoms in total. The second kappa shape index (κ2) is 16.0. The summed E-state index contributed by atoms with van der Waals surface area (Å²) in [6.45, 7) is 0. The predicted octanol–water partition coefficient (Wildman–Crippen LogP) is 18.2. The van der Waals surface area contributed by atoms with Crippen LogP contribution in [0.2, 0.25) is 0 Å². The van der Waals surface area contributed by atoms with Crippen LogP contribution in [0, 0.1) is 0 Å². The summed E-state index contributed by atoms with van der Waals surface area (Å²) in [5, 5.41) is 2.25. The summed E-state index contributed by atoms with van der Waals surface area (Å²) in [5.74, 6) is 0. The van der Waals surface area contributed by atoms with E-state index in [0.29, 0.717) is 0 Å². The van der Waals surface area contributed by atoms with Crippen molar-refractivity contribution in [2.45, 2.75) is 5.41 Å². The van der Waals surface area contributed by atoms with Crippen LogP contribution < -0.4 is 9.80 Å². The molecule has 1 aliphatic heterocycles. The lowest BCUT2D eigenvalue weighted by Gasteiger charge is -2.45. The molecule has 0 saturated heterocycles. The molecular weight excluding hydrogens is 849 g/mol. The maximum absolute atomic E-state index is 6.57. The van der Waals surface area contributed by atoms with E-state index in [1.54, 1.807) is 0 Å². The number of rotatable bonds is 7. The van der Waals surface area contributed by atoms with Crippen molar-refractivity contribution >= 4 is 56.1 Å². The van der Waals surface area contributed by atoms with Crippen molar-refractivity contribution in [3.63, 3.8) is 0 Å². The number of fused-ring (bicyclic) bond motifs is 12. The summed E-state index contributed by atoms with van der Waals surface area (Å²) in [6.07, 6.45) is 0. The van der Waals surface area contributed by atoms with Crippen molar-refractivity contribution in [2.75, 3.05) is 9.80 Å². The molecule has 0 N–H and O–H groups in total. The molecule has 12 aromatic rings. The lowest BCUT2D eigenvalue weighted by atomic mass is 9.64. The van der Waals surface area contributed by atoms with Gasteiger partial charge < -0.3 is 14.2 Å². The van der Waals surface area contributed by atoms with Crippen LogP contribution in [0.25, 0.3) is 66.4 Å². The van der Waals surface area contributed by atoms with Gasteiger partial charge in [0.1, 0.15) is 11.2 Å². The summed E-state index contributed by atoms with van der Waals surface area (Å²) in [4.78, 5) is 4.95. The zero-order valence-corrected chi connectivity index (χ0v) is 38.2. The molecule has 11 aromatic carbocycles. The highest BCUT2D eigenvalue weighted by Gasteiger charge is 2.52. The zero-order chi connectivity index (χ0) is 46.2. The van der Waals surface area contributed by atoms with E-state index in [9.17, 15) is 0 Å². The zero-order valence-electron chi connectivity index (χ0n) is 38.2. The normalized spacial score (nSPS) is 12.9. The van der Waals surface area contributed by atoms with E-state index in [1.165, 1.54) is 61.4 Å². The molecule has 2 aliphatic rings. The SMILES string of the molecule is c1ccc(-c2ccccc2-c2ccccc2N(c2ccc(-c3cccc4c3oc3ccccc34)cc2)c2cccc3c2-c2ccccc2C32c3ccccc3N(c3ccccc3)c3ccccc32)cc1. The molecule has 0 radical (unpaired) electrons. The van der Waals surface area contributed by atoms with Crippen LogP contribution in [0.4, 0.5) is 34.1 Å². The van der Waals surface area contributed by atoms with E-state index >= 15 is 0 Å². The lowest BCUT2D eigenvalue weighted by Crippen LogP contribution is -2.36. The Balaban J connectivity index is 1.03. The van der Waals surface area contributed by atoms with Crippen molar-refractivity contribution < 1.29 is 4.42 Å². The summed E-state index contributed by atoms with van der Waals surface area (Å²) < 4.78 is 6.57. The standard InChI is InChI=1S/C67H44N2O/c1-3-21-45(22-4-1)49-25-7-8-26-51(49)52-27-10-15-36-60(52)68(48-43-41-46(42-44-48)50-30-19-31-54-53-28-11-18-40-64(53)70-66(50)54)63-39-20-35-59-65(63)55-29-9-12-32-56(55)67(59)57-33-13-16-37-61(57)69(47-23-5-2-6-24-47)62-38-17-14-34-58(62)67/h1-44H. The highest BCUT2D eigenvalue weighted by atomic mass is 16.3. The van der Waals surface area contributed by atoms with E-state index in [0.717, 1.165) is 61.4 Å². The van der Waals surface area contributed by atoms with Gasteiger partial charge in [-0.3, -0.25) is 0 Å². The predicted molar refractivity (Wildman–Crippen MR) is 290 cm³/mol. The Kier molecular flexibility index (Phi) is 9.11. The molecule has 1 aromatic heterocycles. The highest BCUT2D eigenvalue weighted by molar-refractivity contribution is 6.10. The fraction of sp³-hybridized carbons (Fsp3) is 0.0149. The first-order chi connectivity index (χ1) is 34.8. The molecule has 0 fully saturated rings. The first kappa shape index (κ1) is 39.9. The molecule has 0 bridgehead atoms. The Morgan fingerprint density at radius 3 is 1.60 bits per heavy atom. The summed E-state index contributed by atoms with van der Waals surface area (Å²) >= 11 is 0. The van der Waals surface area contributed by atoms with Gasteiger partial charge >= 0.3 is 0 Å². The third-order valence-corrected chi connectivity index (χ3v) is 14.7. The van der Waals surface area contributed by atoms with Gasteiger partial charge in [-0.25, -0.2) is 0 Å². The molecule has 0 amide bonds. The Morgan fingerprint density at radius 2 is 0.843 bits per heavy atom. The van der Waals surface area contributed by atoms with E-state index in [-0.39, 0.29) is 0 Å². The minimum Gasteiger partial charge on any atom is -0.455 e. The van der Waals surface area contributed by atoms with E-state index in [2.05, 4.69) is 271 Å². The number of nitrogens with zero attached hydrogens (tertiary/aromatic N) is 2. The molecular formula is C67H44N2O. The lowest BCUT2D eigenvalue weighted by molar-refractivity contribution is 0.670. The summed E-state index contributed by atoms with van der Waals surface area (Å²) in [7, 11) is 0. The minimum atomic E-state index is -0.610. The average Bonchev–Trinajstić information content (AvgIpc) is 3.97. The quantitative estimate of drug-likeness (QED) is 0.159. The van der Waals surface area contributed by atoms with Crippen LogP contribution in [0.15, 0.2) is 271 Å². The fourth-order valence-electron chi connectivity index (χ4n) is 11.8. The van der Waals surface area contributed by atoms with Gasteiger partial charge in [0.15, 0.2) is 0 Å². The van der Waals surface area contributed by atoms with Crippen molar-refractivity contribution in [1.82, 2.24) is 0 Å². The van der Waals surface area contributed by atoms with Crippen molar-refractivity contribution in [2.24, 2.45) is 0 Å². The third kappa shape index (κ3) is 5.88. The Labute approximate surface area is 407 Å². The van der Waals surface area contributed by atoms with E-state index in [1.807, 2.05) is 6.07 Å². The molecule has 3 heteroatoms. The van der Waals surface area contributed by atoms with Crippen LogP contribution in [0.3, 0.4) is 0 Å². The van der Waals surface area contributed by atoms with Crippen LogP contribution in [0.1, 0.15) is 22.3 Å². The van der Waals surface area contributed by atoms with Gasteiger partial charge in [0.25, 0.3) is 0 Å². The topological polar surface area (TPSA) is 19.6 Å². The molecule has 0 unspecified atom stereocenters. The Morgan fingerprint density at radius 1 is 0.329 bits per heavy atom. The molecule has 70 heavy (non-hydrogen) atoms. The van der Waals surface area contributed by atoms with Crippen LogP contribution in [-0.4, -0.2) is 0 Å². The van der Waals surface area contributed by atoms with Gasteiger partial charge in [-0.2, -0.15) is 0 Å². The molecule has 1 aliphatic carbocycles. The highest BCUT2D eigenvalue weighted by Crippen LogP contribution is 2.65. The number of anilines is 6. The summed E-state index contributed by atoms with van der Waals surface area (Å²) in [6, 6.07) is 97.4. The molecule has 14 rings (SSSR count). The largest absolute Gasteiger partial charge is 0.455 e. The second-order valence-corrected chi connectivity index (χ2v) is 18.3. The molecule has 0 atom stereocenters. The van der Waals surface area contributed by atoms with Crippen molar-refractivity contribution in [3.8, 4) is 44.5 Å².